The molecule has 0 spiro atoms. The van der Waals surface area contributed by atoms with Crippen LogP contribution in [0.1, 0.15) is 5.56 Å². The normalized spacial score (nSPS) is 11.2. The van der Waals surface area contributed by atoms with Gasteiger partial charge in [0.15, 0.2) is 4.90 Å². The van der Waals surface area contributed by atoms with E-state index in [1.165, 1.54) is 19.4 Å². The van der Waals surface area contributed by atoms with Gasteiger partial charge < -0.3 is 10.1 Å². The van der Waals surface area contributed by atoms with Crippen LogP contribution in [0.15, 0.2) is 78.6 Å². The lowest BCUT2D eigenvalue weighted by molar-refractivity contribution is 0.385. The van der Waals surface area contributed by atoms with Crippen LogP contribution in [0.25, 0.3) is 16.7 Å². The highest BCUT2D eigenvalue weighted by atomic mass is 35.5. The van der Waals surface area contributed by atoms with Crippen LogP contribution in [-0.4, -0.2) is 30.5 Å². The lowest BCUT2D eigenvalue weighted by Gasteiger charge is -2.14. The molecule has 0 amide bonds. The highest BCUT2D eigenvalue weighted by molar-refractivity contribution is 7.92. The van der Waals surface area contributed by atoms with Gasteiger partial charge >= 0.3 is 0 Å². The van der Waals surface area contributed by atoms with E-state index in [9.17, 15) is 8.42 Å². The second-order valence-electron chi connectivity index (χ2n) is 6.71. The largest absolute Gasteiger partial charge is 0.480 e. The molecule has 0 aliphatic rings. The SMILES string of the molecule is C=C(Nc1cnc(OC)c(S(=O)(=O)Nc2ccc(Cl)cc2)c1)c1ccc2nccnc2c1. The van der Waals surface area contributed by atoms with Crippen molar-refractivity contribution in [3.05, 3.63) is 84.3 Å². The first-order valence-electron chi connectivity index (χ1n) is 9.35. The molecule has 0 atom stereocenters. The summed E-state index contributed by atoms with van der Waals surface area (Å²) < 4.78 is 33.6. The summed E-state index contributed by atoms with van der Waals surface area (Å²) in [7, 11) is -2.64. The molecule has 0 aliphatic carbocycles. The van der Waals surface area contributed by atoms with E-state index in [0.29, 0.717) is 22.1 Å². The lowest BCUT2D eigenvalue weighted by Crippen LogP contribution is -2.15. The molecule has 8 nitrogen and oxygen atoms in total. The van der Waals surface area contributed by atoms with Crippen molar-refractivity contribution in [2.24, 2.45) is 0 Å². The van der Waals surface area contributed by atoms with E-state index in [2.05, 4.69) is 31.6 Å². The maximum Gasteiger partial charge on any atom is 0.267 e. The van der Waals surface area contributed by atoms with E-state index >= 15 is 0 Å². The third-order valence-electron chi connectivity index (χ3n) is 4.51. The Labute approximate surface area is 190 Å². The highest BCUT2D eigenvalue weighted by Gasteiger charge is 2.22. The molecule has 0 aliphatic heterocycles. The molecular formula is C22H18ClN5O3S. The zero-order chi connectivity index (χ0) is 22.7. The van der Waals surface area contributed by atoms with Gasteiger partial charge in [0.2, 0.25) is 5.88 Å². The second-order valence-corrected chi connectivity index (χ2v) is 8.79. The topological polar surface area (TPSA) is 106 Å². The van der Waals surface area contributed by atoms with Crippen molar-refractivity contribution in [1.82, 2.24) is 15.0 Å². The molecule has 10 heteroatoms. The fourth-order valence-electron chi connectivity index (χ4n) is 2.97. The number of sulfonamides is 1. The van der Waals surface area contributed by atoms with E-state index in [1.807, 2.05) is 18.2 Å². The maximum atomic E-state index is 13.0. The van der Waals surface area contributed by atoms with Crippen LogP contribution < -0.4 is 14.8 Å². The molecule has 4 rings (SSSR count). The molecule has 2 N–H and O–H groups in total. The van der Waals surface area contributed by atoms with Crippen molar-refractivity contribution in [2.75, 3.05) is 17.1 Å². The first-order chi connectivity index (χ1) is 15.4. The van der Waals surface area contributed by atoms with Crippen molar-refractivity contribution in [2.45, 2.75) is 4.90 Å². The van der Waals surface area contributed by atoms with Crippen molar-refractivity contribution >= 4 is 49.7 Å². The number of fused-ring (bicyclic) bond motifs is 1. The summed E-state index contributed by atoms with van der Waals surface area (Å²) in [5.41, 5.74) is 3.58. The Hall–Kier alpha value is -3.69. The smallest absolute Gasteiger partial charge is 0.267 e. The fourth-order valence-corrected chi connectivity index (χ4v) is 4.30. The number of aromatic nitrogens is 3. The summed E-state index contributed by atoms with van der Waals surface area (Å²) in [4.78, 5) is 12.5. The summed E-state index contributed by atoms with van der Waals surface area (Å²) in [6, 6.07) is 13.3. The Kier molecular flexibility index (Phi) is 5.93. The molecule has 2 aromatic heterocycles. The number of nitrogens with one attached hydrogen (secondary N) is 2. The van der Waals surface area contributed by atoms with Gasteiger partial charge in [-0.05, 0) is 48.0 Å². The molecule has 162 valence electrons. The Morgan fingerprint density at radius 2 is 1.69 bits per heavy atom. The maximum absolute atomic E-state index is 13.0. The summed E-state index contributed by atoms with van der Waals surface area (Å²) in [6.07, 6.45) is 4.70. The Balaban J connectivity index is 1.62. The molecule has 2 heterocycles. The standard InChI is InChI=1S/C22H18ClN5O3S/c1-14(15-3-8-19-20(11-15)25-10-9-24-19)27-18-12-21(22(31-2)26-13-18)32(29,30)28-17-6-4-16(23)5-7-17/h3-13,27-28H,1H2,2H3. The van der Waals surface area contributed by atoms with E-state index in [1.54, 1.807) is 36.7 Å². The zero-order valence-corrected chi connectivity index (χ0v) is 18.5. The number of ether oxygens (including phenoxy) is 1. The predicted molar refractivity (Wildman–Crippen MR) is 125 cm³/mol. The predicted octanol–water partition coefficient (Wildman–Crippen LogP) is 4.57. The molecule has 2 aromatic carbocycles. The Bertz CT molecular complexity index is 1410. The van der Waals surface area contributed by atoms with Crippen LogP contribution in [0.5, 0.6) is 5.88 Å². The summed E-state index contributed by atoms with van der Waals surface area (Å²) in [6.45, 7) is 4.04. The molecule has 0 fully saturated rings. The fraction of sp³-hybridized carbons (Fsp3) is 0.0455. The minimum atomic E-state index is -3.99. The van der Waals surface area contributed by atoms with Gasteiger partial charge in [0.25, 0.3) is 10.0 Å². The zero-order valence-electron chi connectivity index (χ0n) is 16.9. The lowest BCUT2D eigenvalue weighted by atomic mass is 10.1. The quantitative estimate of drug-likeness (QED) is 0.410. The van der Waals surface area contributed by atoms with Gasteiger partial charge in [-0.3, -0.25) is 14.7 Å². The monoisotopic (exact) mass is 467 g/mol. The molecule has 0 saturated heterocycles. The first kappa shape index (κ1) is 21.5. The van der Waals surface area contributed by atoms with E-state index < -0.39 is 10.0 Å². The number of rotatable bonds is 7. The summed E-state index contributed by atoms with van der Waals surface area (Å²) in [5.74, 6) is -0.0383. The van der Waals surface area contributed by atoms with Crippen molar-refractivity contribution in [3.63, 3.8) is 0 Å². The third kappa shape index (κ3) is 4.63. The van der Waals surface area contributed by atoms with Crippen molar-refractivity contribution < 1.29 is 13.2 Å². The molecular weight excluding hydrogens is 450 g/mol. The highest BCUT2D eigenvalue weighted by Crippen LogP contribution is 2.28. The van der Waals surface area contributed by atoms with Gasteiger partial charge in [-0.1, -0.05) is 24.2 Å². The van der Waals surface area contributed by atoms with Crippen molar-refractivity contribution in [1.29, 1.82) is 0 Å². The minimum absolute atomic E-state index is 0.0383. The number of methoxy groups -OCH3 is 1. The van der Waals surface area contributed by atoms with Gasteiger partial charge in [0.05, 0.1) is 30.0 Å². The third-order valence-corrected chi connectivity index (χ3v) is 6.14. The van der Waals surface area contributed by atoms with Crippen LogP contribution in [0, 0.1) is 0 Å². The van der Waals surface area contributed by atoms with Gasteiger partial charge in [0.1, 0.15) is 0 Å². The van der Waals surface area contributed by atoms with E-state index in [4.69, 9.17) is 16.3 Å². The molecule has 32 heavy (non-hydrogen) atoms. The molecule has 4 aromatic rings. The Morgan fingerprint density at radius 1 is 0.969 bits per heavy atom. The number of nitrogens with zero attached hydrogens (tertiary/aromatic N) is 3. The van der Waals surface area contributed by atoms with Gasteiger partial charge in [-0.2, -0.15) is 0 Å². The molecule has 0 radical (unpaired) electrons. The van der Waals surface area contributed by atoms with E-state index in [-0.39, 0.29) is 10.8 Å². The number of benzene rings is 2. The average Bonchev–Trinajstić information content (AvgIpc) is 2.80. The van der Waals surface area contributed by atoms with E-state index in [0.717, 1.165) is 16.6 Å². The number of anilines is 2. The number of hydrogen-bond acceptors (Lipinski definition) is 7. The minimum Gasteiger partial charge on any atom is -0.480 e. The van der Waals surface area contributed by atoms with Crippen LogP contribution in [0.4, 0.5) is 11.4 Å². The van der Waals surface area contributed by atoms with Gasteiger partial charge in [-0.25, -0.2) is 13.4 Å². The van der Waals surface area contributed by atoms with Crippen LogP contribution >= 0.6 is 11.6 Å². The number of halogens is 1. The Morgan fingerprint density at radius 3 is 2.41 bits per heavy atom. The average molecular weight is 468 g/mol. The molecule has 0 saturated carbocycles. The van der Waals surface area contributed by atoms with Gasteiger partial charge in [-0.15, -0.1) is 0 Å². The second kappa shape index (κ2) is 8.81. The summed E-state index contributed by atoms with van der Waals surface area (Å²) in [5, 5.41) is 3.58. The molecule has 0 bridgehead atoms. The number of hydrogen-bond donors (Lipinski definition) is 2. The van der Waals surface area contributed by atoms with Crippen LogP contribution in [0.2, 0.25) is 5.02 Å². The first-order valence-corrected chi connectivity index (χ1v) is 11.2. The van der Waals surface area contributed by atoms with Crippen LogP contribution in [-0.2, 0) is 10.0 Å². The number of pyridine rings is 1. The summed E-state index contributed by atoms with van der Waals surface area (Å²) >= 11 is 5.87. The molecule has 0 unspecified atom stereocenters. The van der Waals surface area contributed by atoms with Crippen molar-refractivity contribution in [3.8, 4) is 5.88 Å². The van der Waals surface area contributed by atoms with Crippen LogP contribution in [0.3, 0.4) is 0 Å². The van der Waals surface area contributed by atoms with Gasteiger partial charge in [0, 0.05) is 28.8 Å².